The van der Waals surface area contributed by atoms with E-state index in [0.717, 1.165) is 11.5 Å². The molecule has 0 atom stereocenters. The summed E-state index contributed by atoms with van der Waals surface area (Å²) in [5, 5.41) is 5.14. The summed E-state index contributed by atoms with van der Waals surface area (Å²) in [5.41, 5.74) is 0. The van der Waals surface area contributed by atoms with Crippen molar-refractivity contribution in [3.63, 3.8) is 0 Å². The topological polar surface area (TPSA) is 9.23 Å². The Bertz CT molecular complexity index is 1180. The van der Waals surface area contributed by atoms with Gasteiger partial charge in [-0.2, -0.15) is 0 Å². The van der Waals surface area contributed by atoms with Crippen molar-refractivity contribution in [2.75, 3.05) is 0 Å². The summed E-state index contributed by atoms with van der Waals surface area (Å²) < 4.78 is 6.51. The van der Waals surface area contributed by atoms with E-state index in [1.165, 1.54) is 21.2 Å². The van der Waals surface area contributed by atoms with E-state index in [9.17, 15) is 0 Å². The molecule has 5 rings (SSSR count). The van der Waals surface area contributed by atoms with Gasteiger partial charge in [0.25, 0.3) is 0 Å². The lowest BCUT2D eigenvalue weighted by Crippen LogP contribution is -3.00. The molecule has 0 spiro atoms. The van der Waals surface area contributed by atoms with Crippen LogP contribution < -0.4 is 38.4 Å². The smallest absolute Gasteiger partial charge is 0.170 e. The van der Waals surface area contributed by atoms with Crippen LogP contribution in [0.25, 0.3) is 0 Å². The zero-order valence-electron chi connectivity index (χ0n) is 18.1. The van der Waals surface area contributed by atoms with Gasteiger partial charge in [0, 0.05) is 0 Å². The highest BCUT2D eigenvalue weighted by atomic mass is 35.5. The lowest BCUT2D eigenvalue weighted by atomic mass is 10.3. The van der Waals surface area contributed by atoms with Crippen molar-refractivity contribution >= 4 is 28.5 Å². The van der Waals surface area contributed by atoms with Crippen molar-refractivity contribution in [1.29, 1.82) is 0 Å². The first-order valence-corrected chi connectivity index (χ1v) is 12.6. The molecule has 0 saturated carbocycles. The Hall–Kier alpha value is -3.38. The first kappa shape index (κ1) is 22.8. The van der Waals surface area contributed by atoms with Gasteiger partial charge in [-0.25, -0.2) is 0 Å². The summed E-state index contributed by atoms with van der Waals surface area (Å²) >= 11 is 0. The van der Waals surface area contributed by atoms with Crippen LogP contribution >= 0.6 is 7.26 Å². The van der Waals surface area contributed by atoms with Gasteiger partial charge in [-0.15, -0.1) is 0 Å². The second-order valence-corrected chi connectivity index (χ2v) is 10.9. The molecule has 3 heteroatoms. The summed E-state index contributed by atoms with van der Waals surface area (Å²) in [6.45, 7) is 0. The van der Waals surface area contributed by atoms with Crippen LogP contribution in [0.1, 0.15) is 0 Å². The lowest BCUT2D eigenvalue weighted by Gasteiger charge is -2.28. The van der Waals surface area contributed by atoms with Crippen LogP contribution in [-0.4, -0.2) is 0 Å². The SMILES string of the molecule is [Cl-].c1ccc(Oc2ccccc2[P+](c2ccccc2)(c2ccccc2)c2ccccc2)cc1. The van der Waals surface area contributed by atoms with Crippen LogP contribution in [0.15, 0.2) is 146 Å². The number of rotatable bonds is 6. The number of ether oxygens (including phenoxy) is 1. The van der Waals surface area contributed by atoms with E-state index >= 15 is 0 Å². The summed E-state index contributed by atoms with van der Waals surface area (Å²) in [6, 6.07) is 51.1. The average molecular weight is 467 g/mol. The minimum atomic E-state index is -2.21. The molecule has 0 saturated heterocycles. The Morgan fingerprint density at radius 2 is 0.758 bits per heavy atom. The molecule has 0 aliphatic heterocycles. The molecule has 0 fully saturated rings. The monoisotopic (exact) mass is 466 g/mol. The molecule has 0 aliphatic carbocycles. The molecule has 0 unspecified atom stereocenters. The quantitative estimate of drug-likeness (QED) is 0.349. The minimum Gasteiger partial charge on any atom is -1.00 e. The molecular formula is C30H24ClOP. The largest absolute Gasteiger partial charge is 1.00 e. The number of benzene rings is 5. The second-order valence-electron chi connectivity index (χ2n) is 7.56. The highest BCUT2D eigenvalue weighted by molar-refractivity contribution is 8.01. The first-order chi connectivity index (χ1) is 15.9. The van der Waals surface area contributed by atoms with Crippen molar-refractivity contribution in [2.45, 2.75) is 0 Å². The molecule has 0 radical (unpaired) electrons. The number of hydrogen-bond acceptors (Lipinski definition) is 1. The van der Waals surface area contributed by atoms with E-state index in [0.29, 0.717) is 0 Å². The van der Waals surface area contributed by atoms with Crippen molar-refractivity contribution in [3.05, 3.63) is 146 Å². The molecule has 0 aromatic heterocycles. The molecule has 0 heterocycles. The van der Waals surface area contributed by atoms with E-state index in [1.807, 2.05) is 30.3 Å². The Morgan fingerprint density at radius 1 is 0.394 bits per heavy atom. The summed E-state index contributed by atoms with van der Waals surface area (Å²) in [5.74, 6) is 1.73. The first-order valence-electron chi connectivity index (χ1n) is 10.8. The van der Waals surface area contributed by atoms with Crippen LogP contribution in [0.5, 0.6) is 11.5 Å². The maximum Gasteiger partial charge on any atom is 0.170 e. The van der Waals surface area contributed by atoms with Crippen molar-refractivity contribution in [3.8, 4) is 11.5 Å². The molecule has 5 aromatic carbocycles. The van der Waals surface area contributed by atoms with Gasteiger partial charge in [0.2, 0.25) is 0 Å². The number of para-hydroxylation sites is 2. The van der Waals surface area contributed by atoms with Crippen LogP contribution in [-0.2, 0) is 0 Å². The zero-order chi connectivity index (χ0) is 21.6. The van der Waals surface area contributed by atoms with Gasteiger partial charge in [0.05, 0.1) is 0 Å². The zero-order valence-corrected chi connectivity index (χ0v) is 19.7. The second kappa shape index (κ2) is 10.5. The van der Waals surface area contributed by atoms with Crippen LogP contribution in [0.4, 0.5) is 0 Å². The third kappa shape index (κ3) is 4.44. The van der Waals surface area contributed by atoms with Crippen molar-refractivity contribution < 1.29 is 17.1 Å². The van der Waals surface area contributed by atoms with E-state index in [1.54, 1.807) is 0 Å². The molecule has 0 amide bonds. The Balaban J connectivity index is 0.00000259. The molecule has 5 aromatic rings. The maximum absolute atomic E-state index is 6.51. The van der Waals surface area contributed by atoms with Crippen molar-refractivity contribution in [2.24, 2.45) is 0 Å². The fraction of sp³-hybridized carbons (Fsp3) is 0. The molecule has 33 heavy (non-hydrogen) atoms. The van der Waals surface area contributed by atoms with Gasteiger partial charge in [-0.05, 0) is 60.7 Å². The highest BCUT2D eigenvalue weighted by Gasteiger charge is 2.49. The van der Waals surface area contributed by atoms with Crippen LogP contribution in [0.3, 0.4) is 0 Å². The van der Waals surface area contributed by atoms with Gasteiger partial charge in [0.15, 0.2) is 11.1 Å². The van der Waals surface area contributed by atoms with Crippen LogP contribution in [0, 0.1) is 0 Å². The molecule has 0 N–H and O–H groups in total. The van der Waals surface area contributed by atoms with E-state index in [-0.39, 0.29) is 12.4 Å². The number of hydrogen-bond donors (Lipinski definition) is 0. The third-order valence-electron chi connectivity index (χ3n) is 5.63. The van der Waals surface area contributed by atoms with Gasteiger partial charge in [-0.1, -0.05) is 84.9 Å². The van der Waals surface area contributed by atoms with Gasteiger partial charge in [0.1, 0.15) is 28.9 Å². The normalized spacial score (nSPS) is 10.8. The number of halogens is 1. The molecular weight excluding hydrogens is 443 g/mol. The van der Waals surface area contributed by atoms with Crippen LogP contribution in [0.2, 0.25) is 0 Å². The van der Waals surface area contributed by atoms with E-state index < -0.39 is 7.26 Å². The summed E-state index contributed by atoms with van der Waals surface area (Å²) in [4.78, 5) is 0. The Morgan fingerprint density at radius 3 is 1.21 bits per heavy atom. The fourth-order valence-electron chi connectivity index (χ4n) is 4.26. The van der Waals surface area contributed by atoms with Gasteiger partial charge in [-0.3, -0.25) is 0 Å². The predicted octanol–water partition coefficient (Wildman–Crippen LogP) is 3.10. The lowest BCUT2D eigenvalue weighted by molar-refractivity contribution is -0.00000657. The fourth-order valence-corrected chi connectivity index (χ4v) is 8.60. The molecule has 0 aliphatic rings. The predicted molar refractivity (Wildman–Crippen MR) is 138 cm³/mol. The summed E-state index contributed by atoms with van der Waals surface area (Å²) in [7, 11) is -2.21. The van der Waals surface area contributed by atoms with Gasteiger partial charge < -0.3 is 17.1 Å². The molecule has 0 bridgehead atoms. The van der Waals surface area contributed by atoms with E-state index in [4.69, 9.17) is 4.74 Å². The van der Waals surface area contributed by atoms with Crippen molar-refractivity contribution in [1.82, 2.24) is 0 Å². The third-order valence-corrected chi connectivity index (χ3v) is 9.94. The summed E-state index contributed by atoms with van der Waals surface area (Å²) in [6.07, 6.45) is 0. The van der Waals surface area contributed by atoms with E-state index in [2.05, 4.69) is 115 Å². The standard InChI is InChI=1S/C30H24OP.ClH/c1-5-15-25(16-6-1)31-29-23-13-14-24-30(29)32(26-17-7-2-8-18-26,27-19-9-3-10-20-27)28-21-11-4-12-22-28;/h1-24H;1H/q+1;/p-1. The molecule has 1 nitrogen and oxygen atoms in total. The highest BCUT2D eigenvalue weighted by Crippen LogP contribution is 2.56. The Labute approximate surface area is 202 Å². The maximum atomic E-state index is 6.51. The Kier molecular flexibility index (Phi) is 7.25. The molecule has 162 valence electrons. The van der Waals surface area contributed by atoms with Gasteiger partial charge >= 0.3 is 0 Å². The average Bonchev–Trinajstić information content (AvgIpc) is 2.88. The minimum absolute atomic E-state index is 0.